The molecule has 0 aliphatic carbocycles. The van der Waals surface area contributed by atoms with Crippen LogP contribution in [0.25, 0.3) is 11.3 Å². The summed E-state index contributed by atoms with van der Waals surface area (Å²) in [6.45, 7) is -0.619. The van der Waals surface area contributed by atoms with Crippen LogP contribution in [0.2, 0.25) is 0 Å². The lowest BCUT2D eigenvalue weighted by Gasteiger charge is -2.31. The number of pyridine rings is 1. The molecule has 3 aromatic rings. The maximum Gasteiger partial charge on any atom is 0.416 e. The number of nitrogens with zero attached hydrogens (tertiary/aromatic N) is 4. The van der Waals surface area contributed by atoms with E-state index in [1.165, 1.54) is 35.4 Å². The average Bonchev–Trinajstić information content (AvgIpc) is 3.31. The summed E-state index contributed by atoms with van der Waals surface area (Å²) in [6.07, 6.45) is -0.376. The fraction of sp³-hybridized carbons (Fsp3) is 0.304. The van der Waals surface area contributed by atoms with Gasteiger partial charge in [0.05, 0.1) is 41.4 Å². The Morgan fingerprint density at radius 3 is 2.83 bits per heavy atom. The van der Waals surface area contributed by atoms with Crippen LogP contribution >= 0.6 is 0 Å². The van der Waals surface area contributed by atoms with Crippen LogP contribution in [-0.4, -0.2) is 46.3 Å². The van der Waals surface area contributed by atoms with Crippen molar-refractivity contribution in [2.45, 2.75) is 24.6 Å². The fourth-order valence-corrected chi connectivity index (χ4v) is 3.74. The molecule has 1 atom stereocenters. The van der Waals surface area contributed by atoms with E-state index in [1.54, 1.807) is 0 Å². The number of aromatic nitrogens is 3. The molecule has 13 heteroatoms. The number of carbonyl (C=O) groups is 1. The Hall–Kier alpha value is -4.05. The Morgan fingerprint density at radius 1 is 1.31 bits per heavy atom. The number of hydrogen-bond acceptors (Lipinski definition) is 6. The highest BCUT2D eigenvalue weighted by molar-refractivity contribution is 5.92. The van der Waals surface area contributed by atoms with E-state index in [4.69, 9.17) is 4.74 Å². The van der Waals surface area contributed by atoms with Gasteiger partial charge >= 0.3 is 6.18 Å². The van der Waals surface area contributed by atoms with Crippen LogP contribution < -0.4 is 15.4 Å². The number of anilines is 1. The van der Waals surface area contributed by atoms with Gasteiger partial charge in [-0.25, -0.2) is 8.78 Å². The lowest BCUT2D eigenvalue weighted by Crippen LogP contribution is -2.47. The van der Waals surface area contributed by atoms with E-state index in [0.717, 1.165) is 18.2 Å². The second kappa shape index (κ2) is 9.90. The first-order chi connectivity index (χ1) is 17.1. The van der Waals surface area contributed by atoms with Gasteiger partial charge < -0.3 is 15.4 Å². The topological polar surface area (TPSA) is 105 Å². The van der Waals surface area contributed by atoms with E-state index in [9.17, 15) is 32.0 Å². The Labute approximate surface area is 201 Å². The first kappa shape index (κ1) is 25.1. The van der Waals surface area contributed by atoms with Gasteiger partial charge in [0.25, 0.3) is 11.8 Å². The highest BCUT2D eigenvalue weighted by Crippen LogP contribution is 2.35. The molecule has 3 heterocycles. The zero-order valence-electron chi connectivity index (χ0n) is 18.5. The minimum absolute atomic E-state index is 0.0585. The molecule has 4 rings (SSSR count). The van der Waals surface area contributed by atoms with Crippen LogP contribution in [0.5, 0.6) is 5.75 Å². The average molecular weight is 506 g/mol. The molecular formula is C23H19F5N6O2. The highest BCUT2D eigenvalue weighted by atomic mass is 19.4. The van der Waals surface area contributed by atoms with Gasteiger partial charge in [-0.05, 0) is 37.2 Å². The van der Waals surface area contributed by atoms with Crippen molar-refractivity contribution in [2.75, 3.05) is 25.0 Å². The van der Waals surface area contributed by atoms with Crippen molar-refractivity contribution in [3.8, 4) is 23.1 Å². The number of piperidine rings is 1. The summed E-state index contributed by atoms with van der Waals surface area (Å²) in [5.74, 6) is -3.81. The highest BCUT2D eigenvalue weighted by Gasteiger charge is 2.43. The molecule has 2 aromatic heterocycles. The number of alkyl halides is 5. The summed E-state index contributed by atoms with van der Waals surface area (Å²) in [5.41, 5.74) is -0.162. The second-order valence-corrected chi connectivity index (χ2v) is 8.05. The van der Waals surface area contributed by atoms with Crippen molar-refractivity contribution in [2.24, 2.45) is 0 Å². The standard InChI is InChI=1S/C23H19F5N6O2/c24-22(25)13-30-5-4-19(22)34-11-15(9-32-34)21-14(8-29)6-17(10-31-21)33-20(35)12-36-18-3-1-2-16(7-18)23(26,27)28/h1-3,6-7,9-11,19,30H,4-5,12-13H2,(H,33,35). The largest absolute Gasteiger partial charge is 0.484 e. The van der Waals surface area contributed by atoms with Gasteiger partial charge in [0, 0.05) is 11.8 Å². The van der Waals surface area contributed by atoms with Gasteiger partial charge in [-0.1, -0.05) is 6.07 Å². The molecule has 0 spiro atoms. The zero-order chi connectivity index (χ0) is 25.9. The third-order valence-corrected chi connectivity index (χ3v) is 5.46. The van der Waals surface area contributed by atoms with Crippen molar-refractivity contribution in [3.63, 3.8) is 0 Å². The molecule has 1 aliphatic heterocycles. The van der Waals surface area contributed by atoms with Crippen LogP contribution in [0.3, 0.4) is 0 Å². The number of ether oxygens (including phenoxy) is 1. The predicted octanol–water partition coefficient (Wildman–Crippen LogP) is 4.02. The van der Waals surface area contributed by atoms with Crippen LogP contribution in [-0.2, 0) is 11.0 Å². The van der Waals surface area contributed by atoms with Crippen LogP contribution in [0.15, 0.2) is 48.9 Å². The number of halogens is 5. The first-order valence-corrected chi connectivity index (χ1v) is 10.7. The Kier molecular flexibility index (Phi) is 6.89. The third-order valence-electron chi connectivity index (χ3n) is 5.46. The van der Waals surface area contributed by atoms with E-state index in [-0.39, 0.29) is 29.1 Å². The molecule has 1 fully saturated rings. The molecule has 0 bridgehead atoms. The third kappa shape index (κ3) is 5.60. The van der Waals surface area contributed by atoms with Crippen LogP contribution in [0.1, 0.15) is 23.6 Å². The Balaban J connectivity index is 1.43. The molecule has 1 aromatic carbocycles. The van der Waals surface area contributed by atoms with E-state index >= 15 is 0 Å². The predicted molar refractivity (Wildman–Crippen MR) is 117 cm³/mol. The lowest BCUT2D eigenvalue weighted by molar-refractivity contribution is -0.137. The zero-order valence-corrected chi connectivity index (χ0v) is 18.5. The molecular weight excluding hydrogens is 487 g/mol. The number of amides is 1. The van der Waals surface area contributed by atoms with E-state index in [0.29, 0.717) is 12.1 Å². The van der Waals surface area contributed by atoms with E-state index in [2.05, 4.69) is 20.7 Å². The lowest BCUT2D eigenvalue weighted by atomic mass is 10.0. The molecule has 1 unspecified atom stereocenters. The minimum atomic E-state index is -4.55. The fourth-order valence-electron chi connectivity index (χ4n) is 3.74. The van der Waals surface area contributed by atoms with E-state index < -0.39 is 42.8 Å². The molecule has 8 nitrogen and oxygen atoms in total. The van der Waals surface area contributed by atoms with Gasteiger partial charge in [-0.2, -0.15) is 23.5 Å². The van der Waals surface area contributed by atoms with Crippen LogP contribution in [0.4, 0.5) is 27.6 Å². The molecule has 0 radical (unpaired) electrons. The maximum absolute atomic E-state index is 14.2. The van der Waals surface area contributed by atoms with Crippen molar-refractivity contribution < 1.29 is 31.5 Å². The van der Waals surface area contributed by atoms with Gasteiger partial charge in [0.15, 0.2) is 6.61 Å². The maximum atomic E-state index is 14.2. The van der Waals surface area contributed by atoms with Gasteiger partial charge in [-0.3, -0.25) is 14.5 Å². The Bertz CT molecular complexity index is 1300. The SMILES string of the molecule is N#Cc1cc(NC(=O)COc2cccc(C(F)(F)F)c2)cnc1-c1cnn(C2CCNCC2(F)F)c1. The molecule has 188 valence electrons. The number of carbonyl (C=O) groups excluding carboxylic acids is 1. The quantitative estimate of drug-likeness (QED) is 0.490. The van der Waals surface area contributed by atoms with Gasteiger partial charge in [0.1, 0.15) is 17.9 Å². The smallest absolute Gasteiger partial charge is 0.416 e. The van der Waals surface area contributed by atoms with Crippen molar-refractivity contribution in [3.05, 3.63) is 60.0 Å². The molecule has 1 aliphatic rings. The summed E-state index contributed by atoms with van der Waals surface area (Å²) < 4.78 is 73.2. The molecule has 0 saturated carbocycles. The number of nitrogens with one attached hydrogen (secondary N) is 2. The summed E-state index contributed by atoms with van der Waals surface area (Å²) in [5, 5.41) is 18.7. The van der Waals surface area contributed by atoms with Crippen LogP contribution in [0, 0.1) is 11.3 Å². The first-order valence-electron chi connectivity index (χ1n) is 10.7. The number of hydrogen-bond donors (Lipinski definition) is 2. The number of benzene rings is 1. The summed E-state index contributed by atoms with van der Waals surface area (Å²) >= 11 is 0. The molecule has 1 saturated heterocycles. The van der Waals surface area contributed by atoms with Gasteiger partial charge in [-0.15, -0.1) is 0 Å². The number of rotatable bonds is 6. The molecule has 36 heavy (non-hydrogen) atoms. The summed E-state index contributed by atoms with van der Waals surface area (Å²) in [6, 6.07) is 6.25. The minimum Gasteiger partial charge on any atom is -0.484 e. The second-order valence-electron chi connectivity index (χ2n) is 8.05. The van der Waals surface area contributed by atoms with Crippen molar-refractivity contribution >= 4 is 11.6 Å². The van der Waals surface area contributed by atoms with E-state index in [1.807, 2.05) is 6.07 Å². The van der Waals surface area contributed by atoms with Crippen molar-refractivity contribution in [1.29, 1.82) is 5.26 Å². The Morgan fingerprint density at radius 2 is 2.11 bits per heavy atom. The number of nitriles is 1. The normalized spacial score (nSPS) is 17.3. The summed E-state index contributed by atoms with van der Waals surface area (Å²) in [7, 11) is 0. The van der Waals surface area contributed by atoms with Gasteiger partial charge in [0.2, 0.25) is 0 Å². The molecule has 2 N–H and O–H groups in total. The monoisotopic (exact) mass is 506 g/mol. The summed E-state index contributed by atoms with van der Waals surface area (Å²) in [4.78, 5) is 16.4. The molecule has 1 amide bonds. The van der Waals surface area contributed by atoms with Crippen molar-refractivity contribution in [1.82, 2.24) is 20.1 Å².